The van der Waals surface area contributed by atoms with Crippen LogP contribution in [0.15, 0.2) is 72.8 Å². The van der Waals surface area contributed by atoms with E-state index in [4.69, 9.17) is 4.74 Å². The summed E-state index contributed by atoms with van der Waals surface area (Å²) < 4.78 is 19.3. The topological polar surface area (TPSA) is 41.6 Å². The summed E-state index contributed by atoms with van der Waals surface area (Å²) in [6.45, 7) is 2.03. The van der Waals surface area contributed by atoms with Crippen molar-refractivity contribution < 1.29 is 13.9 Å². The molecule has 1 aliphatic heterocycles. The quantitative estimate of drug-likeness (QED) is 0.587. The van der Waals surface area contributed by atoms with Crippen molar-refractivity contribution in [1.82, 2.24) is 4.90 Å². The summed E-state index contributed by atoms with van der Waals surface area (Å²) in [5, 5.41) is 3.13. The first kappa shape index (κ1) is 21.1. The number of methoxy groups -OCH3 is 1. The number of likely N-dealkylation sites (tertiary alicyclic amines) is 1. The molecular formula is C26H27FN2O2. The van der Waals surface area contributed by atoms with Crippen LogP contribution in [0.5, 0.6) is 5.75 Å². The Kier molecular flexibility index (Phi) is 6.63. The van der Waals surface area contributed by atoms with E-state index < -0.39 is 0 Å². The fourth-order valence-electron chi connectivity index (χ4n) is 4.13. The average molecular weight is 419 g/mol. The van der Waals surface area contributed by atoms with Crippen molar-refractivity contribution >= 4 is 11.6 Å². The van der Waals surface area contributed by atoms with Crippen LogP contribution in [0.3, 0.4) is 0 Å². The average Bonchev–Trinajstić information content (AvgIpc) is 2.81. The van der Waals surface area contributed by atoms with Gasteiger partial charge in [-0.3, -0.25) is 9.69 Å². The molecule has 0 spiro atoms. The fraction of sp³-hybridized carbons (Fsp3) is 0.269. The van der Waals surface area contributed by atoms with Crippen molar-refractivity contribution in [3.8, 4) is 16.9 Å². The first-order valence-electron chi connectivity index (χ1n) is 10.6. The first-order chi connectivity index (χ1) is 15.1. The van der Waals surface area contributed by atoms with E-state index in [-0.39, 0.29) is 17.6 Å². The van der Waals surface area contributed by atoms with Crippen LogP contribution in [-0.2, 0) is 11.3 Å². The third kappa shape index (κ3) is 5.12. The predicted octanol–water partition coefficient (Wildman–Crippen LogP) is 5.35. The second-order valence-corrected chi connectivity index (χ2v) is 7.93. The van der Waals surface area contributed by atoms with Crippen molar-refractivity contribution in [1.29, 1.82) is 0 Å². The van der Waals surface area contributed by atoms with Crippen molar-refractivity contribution in [2.24, 2.45) is 5.92 Å². The molecule has 0 aromatic heterocycles. The highest BCUT2D eigenvalue weighted by atomic mass is 19.1. The van der Waals surface area contributed by atoms with Crippen LogP contribution in [0.4, 0.5) is 10.1 Å². The van der Waals surface area contributed by atoms with E-state index >= 15 is 0 Å². The molecule has 4 rings (SSSR count). The molecule has 3 aromatic carbocycles. The number of nitrogens with one attached hydrogen (secondary N) is 1. The van der Waals surface area contributed by atoms with Crippen LogP contribution in [0.2, 0.25) is 0 Å². The van der Waals surface area contributed by atoms with E-state index in [9.17, 15) is 9.18 Å². The van der Waals surface area contributed by atoms with Gasteiger partial charge in [-0.2, -0.15) is 0 Å². The van der Waals surface area contributed by atoms with E-state index in [0.29, 0.717) is 18.7 Å². The third-order valence-corrected chi connectivity index (χ3v) is 5.81. The lowest BCUT2D eigenvalue weighted by Gasteiger charge is -2.32. The van der Waals surface area contributed by atoms with Crippen LogP contribution in [0.1, 0.15) is 18.4 Å². The van der Waals surface area contributed by atoms with Crippen molar-refractivity contribution in [2.45, 2.75) is 19.4 Å². The number of amides is 1. The van der Waals surface area contributed by atoms with Crippen LogP contribution in [0, 0.1) is 11.7 Å². The van der Waals surface area contributed by atoms with E-state index in [0.717, 1.165) is 42.0 Å². The number of hydrogen-bond donors (Lipinski definition) is 1. The Hall–Kier alpha value is -3.18. The van der Waals surface area contributed by atoms with Gasteiger partial charge in [-0.25, -0.2) is 4.39 Å². The SMILES string of the molecule is COc1ccc(-c2ccccc2NC(=O)C2CCCN(Cc3ccccc3F)C2)cc1. The molecule has 1 aliphatic rings. The molecule has 1 N–H and O–H groups in total. The van der Waals surface area contributed by atoms with E-state index in [2.05, 4.69) is 10.2 Å². The summed E-state index contributed by atoms with van der Waals surface area (Å²) in [5.74, 6) is 0.494. The van der Waals surface area contributed by atoms with E-state index in [1.54, 1.807) is 13.2 Å². The summed E-state index contributed by atoms with van der Waals surface area (Å²) in [7, 11) is 1.64. The zero-order chi connectivity index (χ0) is 21.6. The highest BCUT2D eigenvalue weighted by molar-refractivity contribution is 5.97. The molecule has 31 heavy (non-hydrogen) atoms. The molecule has 0 aliphatic carbocycles. The Balaban J connectivity index is 1.45. The molecule has 1 atom stereocenters. The first-order valence-corrected chi connectivity index (χ1v) is 10.6. The molecule has 0 radical (unpaired) electrons. The minimum Gasteiger partial charge on any atom is -0.497 e. The van der Waals surface area contributed by atoms with Crippen LogP contribution < -0.4 is 10.1 Å². The van der Waals surface area contributed by atoms with Crippen LogP contribution in [0.25, 0.3) is 11.1 Å². The number of piperidine rings is 1. The monoisotopic (exact) mass is 418 g/mol. The predicted molar refractivity (Wildman–Crippen MR) is 121 cm³/mol. The molecule has 1 amide bonds. The smallest absolute Gasteiger partial charge is 0.228 e. The normalized spacial score (nSPS) is 16.6. The molecule has 0 bridgehead atoms. The number of carbonyl (C=O) groups excluding carboxylic acids is 1. The molecule has 1 unspecified atom stereocenters. The summed E-state index contributed by atoms with van der Waals surface area (Å²) in [6.07, 6.45) is 1.76. The Morgan fingerprint density at radius 3 is 2.58 bits per heavy atom. The lowest BCUT2D eigenvalue weighted by atomic mass is 9.96. The zero-order valence-electron chi connectivity index (χ0n) is 17.7. The van der Waals surface area contributed by atoms with E-state index in [1.165, 1.54) is 6.07 Å². The Morgan fingerprint density at radius 2 is 1.81 bits per heavy atom. The van der Waals surface area contributed by atoms with Crippen molar-refractivity contribution in [3.63, 3.8) is 0 Å². The second-order valence-electron chi connectivity index (χ2n) is 7.93. The molecule has 1 fully saturated rings. The number of halogens is 1. The summed E-state index contributed by atoms with van der Waals surface area (Å²) in [5.41, 5.74) is 3.45. The van der Waals surface area contributed by atoms with E-state index in [1.807, 2.05) is 60.7 Å². The molecule has 3 aromatic rings. The highest BCUT2D eigenvalue weighted by Gasteiger charge is 2.26. The molecule has 160 valence electrons. The van der Waals surface area contributed by atoms with Gasteiger partial charge < -0.3 is 10.1 Å². The van der Waals surface area contributed by atoms with Gasteiger partial charge in [-0.15, -0.1) is 0 Å². The number of anilines is 1. The number of hydrogen-bond acceptors (Lipinski definition) is 3. The van der Waals surface area contributed by atoms with Gasteiger partial charge in [0.25, 0.3) is 0 Å². The van der Waals surface area contributed by atoms with Crippen LogP contribution >= 0.6 is 0 Å². The van der Waals surface area contributed by atoms with Crippen molar-refractivity contribution in [3.05, 3.63) is 84.2 Å². The van der Waals surface area contributed by atoms with Gasteiger partial charge in [0.2, 0.25) is 5.91 Å². The van der Waals surface area contributed by atoms with Gasteiger partial charge in [0.1, 0.15) is 11.6 Å². The van der Waals surface area contributed by atoms with Crippen LogP contribution in [-0.4, -0.2) is 31.0 Å². The van der Waals surface area contributed by atoms with Crippen molar-refractivity contribution in [2.75, 3.05) is 25.5 Å². The largest absolute Gasteiger partial charge is 0.497 e. The van der Waals surface area contributed by atoms with Gasteiger partial charge in [-0.05, 0) is 49.2 Å². The number of rotatable bonds is 6. The second kappa shape index (κ2) is 9.75. The maximum atomic E-state index is 14.0. The summed E-state index contributed by atoms with van der Waals surface area (Å²) in [4.78, 5) is 15.3. The number of para-hydroxylation sites is 1. The summed E-state index contributed by atoms with van der Waals surface area (Å²) in [6, 6.07) is 22.5. The van der Waals surface area contributed by atoms with Gasteiger partial charge >= 0.3 is 0 Å². The molecule has 0 saturated carbocycles. The lowest BCUT2D eigenvalue weighted by Crippen LogP contribution is -2.40. The molecular weight excluding hydrogens is 391 g/mol. The fourth-order valence-corrected chi connectivity index (χ4v) is 4.13. The van der Waals surface area contributed by atoms with Gasteiger partial charge in [0.15, 0.2) is 0 Å². The highest BCUT2D eigenvalue weighted by Crippen LogP contribution is 2.30. The zero-order valence-corrected chi connectivity index (χ0v) is 17.7. The lowest BCUT2D eigenvalue weighted by molar-refractivity contribution is -0.121. The summed E-state index contributed by atoms with van der Waals surface area (Å²) >= 11 is 0. The molecule has 5 heteroatoms. The number of carbonyl (C=O) groups is 1. The maximum Gasteiger partial charge on any atom is 0.228 e. The minimum absolute atomic E-state index is 0.0131. The molecule has 1 heterocycles. The number of ether oxygens (including phenoxy) is 1. The Labute approximate surface area is 182 Å². The molecule has 1 saturated heterocycles. The number of nitrogens with zero attached hydrogens (tertiary/aromatic N) is 1. The maximum absolute atomic E-state index is 14.0. The third-order valence-electron chi connectivity index (χ3n) is 5.81. The minimum atomic E-state index is -0.192. The van der Waals surface area contributed by atoms with Gasteiger partial charge in [0.05, 0.1) is 13.0 Å². The number of benzene rings is 3. The Bertz CT molecular complexity index is 1040. The Morgan fingerprint density at radius 1 is 1.06 bits per heavy atom. The van der Waals surface area contributed by atoms with Gasteiger partial charge in [-0.1, -0.05) is 48.5 Å². The van der Waals surface area contributed by atoms with Gasteiger partial charge in [0, 0.05) is 29.9 Å². The standard InChI is InChI=1S/C26H27FN2O2/c1-31-22-14-12-19(13-15-22)23-9-3-5-11-25(23)28-26(30)21-8-6-16-29(18-21)17-20-7-2-4-10-24(20)27/h2-5,7,9-15,21H,6,8,16-18H2,1H3,(H,28,30). The molecule has 4 nitrogen and oxygen atoms in total.